The average molecular weight is 497 g/mol. The monoisotopic (exact) mass is 496 g/mol. The van der Waals surface area contributed by atoms with Gasteiger partial charge in [-0.2, -0.15) is 0 Å². The summed E-state index contributed by atoms with van der Waals surface area (Å²) in [5.41, 5.74) is 0.960. The Morgan fingerprint density at radius 1 is 0.875 bits per heavy atom. The van der Waals surface area contributed by atoms with Crippen molar-refractivity contribution >= 4 is 36.8 Å². The summed E-state index contributed by atoms with van der Waals surface area (Å²) in [5, 5.41) is 17.6. The minimum atomic E-state index is -0.849. The SMILES string of the molecule is COc1ccc(CN2CCN(CCCC(=O)O)CC2)c(OCCCC(=O)O)c1OC.Cl.Cl. The van der Waals surface area contributed by atoms with Gasteiger partial charge in [0.15, 0.2) is 11.5 Å². The minimum Gasteiger partial charge on any atom is -0.493 e. The van der Waals surface area contributed by atoms with E-state index in [4.69, 9.17) is 24.4 Å². The van der Waals surface area contributed by atoms with Crippen LogP contribution in [0.3, 0.4) is 0 Å². The zero-order valence-corrected chi connectivity index (χ0v) is 20.2. The molecule has 184 valence electrons. The Hall–Kier alpha value is -1.94. The standard InChI is InChI=1S/C21H32N2O7.2ClH/c1-28-17-8-7-16(20(21(17)29-2)30-14-4-6-19(26)27)15-23-12-10-22(11-13-23)9-3-5-18(24)25;;/h7-8H,3-6,9-15H2,1-2H3,(H,24,25)(H,26,27);2*1H. The van der Waals surface area contributed by atoms with Gasteiger partial charge < -0.3 is 29.3 Å². The molecule has 0 unspecified atom stereocenters. The topological polar surface area (TPSA) is 109 Å². The molecule has 0 bridgehead atoms. The summed E-state index contributed by atoms with van der Waals surface area (Å²) >= 11 is 0. The molecule has 1 aromatic carbocycles. The van der Waals surface area contributed by atoms with Crippen molar-refractivity contribution in [1.29, 1.82) is 0 Å². The molecule has 1 aromatic rings. The molecule has 11 heteroatoms. The maximum Gasteiger partial charge on any atom is 0.303 e. The van der Waals surface area contributed by atoms with Gasteiger partial charge in [-0.05, 0) is 25.5 Å². The summed E-state index contributed by atoms with van der Waals surface area (Å²) < 4.78 is 16.8. The molecular formula is C21H34Cl2N2O7. The van der Waals surface area contributed by atoms with E-state index in [9.17, 15) is 9.59 Å². The molecular weight excluding hydrogens is 463 g/mol. The Labute approximate surface area is 201 Å². The van der Waals surface area contributed by atoms with Crippen LogP contribution in [0.2, 0.25) is 0 Å². The number of nitrogens with zero attached hydrogens (tertiary/aromatic N) is 2. The van der Waals surface area contributed by atoms with Gasteiger partial charge >= 0.3 is 11.9 Å². The van der Waals surface area contributed by atoms with Gasteiger partial charge in [0.1, 0.15) is 0 Å². The summed E-state index contributed by atoms with van der Waals surface area (Å²) in [5.74, 6) is 0.0668. The number of aliphatic carboxylic acids is 2. The van der Waals surface area contributed by atoms with Gasteiger partial charge in [0.05, 0.1) is 20.8 Å². The third kappa shape index (κ3) is 9.68. The lowest BCUT2D eigenvalue weighted by Gasteiger charge is -2.35. The van der Waals surface area contributed by atoms with Crippen molar-refractivity contribution in [3.63, 3.8) is 0 Å². The highest BCUT2D eigenvalue weighted by atomic mass is 35.5. The zero-order chi connectivity index (χ0) is 21.9. The number of carboxylic acid groups (broad SMARTS) is 2. The second-order valence-electron chi connectivity index (χ2n) is 7.25. The normalized spacial score (nSPS) is 14.1. The number of hydrogen-bond acceptors (Lipinski definition) is 7. The highest BCUT2D eigenvalue weighted by Gasteiger charge is 2.21. The number of halogens is 2. The highest BCUT2D eigenvalue weighted by molar-refractivity contribution is 5.85. The first-order chi connectivity index (χ1) is 14.4. The molecule has 2 rings (SSSR count). The number of carboxylic acids is 2. The molecule has 2 N–H and O–H groups in total. The zero-order valence-electron chi connectivity index (χ0n) is 18.6. The largest absolute Gasteiger partial charge is 0.493 e. The quantitative estimate of drug-likeness (QED) is 0.398. The predicted molar refractivity (Wildman–Crippen MR) is 125 cm³/mol. The fourth-order valence-corrected chi connectivity index (χ4v) is 3.49. The molecule has 1 heterocycles. The van der Waals surface area contributed by atoms with Crippen molar-refractivity contribution in [1.82, 2.24) is 9.80 Å². The molecule has 1 aliphatic heterocycles. The van der Waals surface area contributed by atoms with Crippen molar-refractivity contribution in [3.05, 3.63) is 17.7 Å². The van der Waals surface area contributed by atoms with Crippen LogP contribution in [0, 0.1) is 0 Å². The minimum absolute atomic E-state index is 0. The van der Waals surface area contributed by atoms with Crippen molar-refractivity contribution in [2.24, 2.45) is 0 Å². The van der Waals surface area contributed by atoms with Crippen LogP contribution in [0.1, 0.15) is 31.2 Å². The van der Waals surface area contributed by atoms with E-state index >= 15 is 0 Å². The lowest BCUT2D eigenvalue weighted by atomic mass is 10.1. The summed E-state index contributed by atoms with van der Waals surface area (Å²) in [6.45, 7) is 5.29. The van der Waals surface area contributed by atoms with Gasteiger partial charge in [0.25, 0.3) is 0 Å². The number of rotatable bonds is 13. The number of methoxy groups -OCH3 is 2. The van der Waals surface area contributed by atoms with E-state index in [1.807, 2.05) is 12.1 Å². The van der Waals surface area contributed by atoms with Crippen molar-refractivity contribution in [2.45, 2.75) is 32.2 Å². The van der Waals surface area contributed by atoms with Crippen molar-refractivity contribution in [2.75, 3.05) is 53.6 Å². The Kier molecular flexibility index (Phi) is 14.8. The molecule has 1 fully saturated rings. The molecule has 0 saturated carbocycles. The number of carbonyl (C=O) groups is 2. The highest BCUT2D eigenvalue weighted by Crippen LogP contribution is 2.40. The molecule has 0 aromatic heterocycles. The van der Waals surface area contributed by atoms with E-state index in [2.05, 4.69) is 9.80 Å². The van der Waals surface area contributed by atoms with Crippen LogP contribution in [0.5, 0.6) is 17.2 Å². The fraction of sp³-hybridized carbons (Fsp3) is 0.619. The van der Waals surface area contributed by atoms with E-state index in [1.54, 1.807) is 14.2 Å². The van der Waals surface area contributed by atoms with E-state index in [0.717, 1.165) is 38.3 Å². The van der Waals surface area contributed by atoms with Gasteiger partial charge in [0.2, 0.25) is 5.75 Å². The molecule has 0 atom stereocenters. The first kappa shape index (κ1) is 30.1. The summed E-state index contributed by atoms with van der Waals surface area (Å²) in [6, 6.07) is 3.80. The predicted octanol–water partition coefficient (Wildman–Crippen LogP) is 2.77. The third-order valence-electron chi connectivity index (χ3n) is 5.09. The van der Waals surface area contributed by atoms with Crippen molar-refractivity contribution in [3.8, 4) is 17.2 Å². The third-order valence-corrected chi connectivity index (χ3v) is 5.09. The Balaban J connectivity index is 0.00000480. The van der Waals surface area contributed by atoms with Crippen LogP contribution in [-0.2, 0) is 16.1 Å². The van der Waals surface area contributed by atoms with Crippen LogP contribution in [-0.4, -0.2) is 85.5 Å². The number of benzene rings is 1. The maximum absolute atomic E-state index is 10.7. The second kappa shape index (κ2) is 15.8. The molecule has 0 radical (unpaired) electrons. The Morgan fingerprint density at radius 2 is 1.47 bits per heavy atom. The molecule has 1 aliphatic rings. The lowest BCUT2D eigenvalue weighted by Crippen LogP contribution is -2.46. The number of hydrogen-bond donors (Lipinski definition) is 2. The molecule has 0 spiro atoms. The molecule has 9 nitrogen and oxygen atoms in total. The number of ether oxygens (including phenoxy) is 3. The van der Waals surface area contributed by atoms with Crippen LogP contribution in [0.15, 0.2) is 12.1 Å². The van der Waals surface area contributed by atoms with Crippen LogP contribution in [0.4, 0.5) is 0 Å². The van der Waals surface area contributed by atoms with Gasteiger partial charge in [-0.3, -0.25) is 14.5 Å². The first-order valence-corrected chi connectivity index (χ1v) is 10.2. The smallest absolute Gasteiger partial charge is 0.303 e. The van der Waals surface area contributed by atoms with E-state index < -0.39 is 11.9 Å². The summed E-state index contributed by atoms with van der Waals surface area (Å²) in [6.07, 6.45) is 1.32. The Bertz CT molecular complexity index is 714. The average Bonchev–Trinajstić information content (AvgIpc) is 2.72. The second-order valence-corrected chi connectivity index (χ2v) is 7.25. The Morgan fingerprint density at radius 3 is 2.03 bits per heavy atom. The summed E-state index contributed by atoms with van der Waals surface area (Å²) in [4.78, 5) is 26.0. The van der Waals surface area contributed by atoms with Crippen LogP contribution < -0.4 is 14.2 Å². The van der Waals surface area contributed by atoms with Crippen molar-refractivity contribution < 1.29 is 34.0 Å². The molecule has 1 saturated heterocycles. The fourth-order valence-electron chi connectivity index (χ4n) is 3.49. The molecule has 0 aliphatic carbocycles. The van der Waals surface area contributed by atoms with Crippen LogP contribution >= 0.6 is 24.8 Å². The van der Waals surface area contributed by atoms with E-state index in [1.165, 1.54) is 0 Å². The van der Waals surface area contributed by atoms with Crippen LogP contribution in [0.25, 0.3) is 0 Å². The molecule has 0 amide bonds. The van der Waals surface area contributed by atoms with Gasteiger partial charge in [-0.1, -0.05) is 6.07 Å². The van der Waals surface area contributed by atoms with Gasteiger partial charge in [0, 0.05) is 51.1 Å². The van der Waals surface area contributed by atoms with Gasteiger partial charge in [-0.25, -0.2) is 0 Å². The van der Waals surface area contributed by atoms with Gasteiger partial charge in [-0.15, -0.1) is 24.8 Å². The molecule has 32 heavy (non-hydrogen) atoms. The van der Waals surface area contributed by atoms with E-state index in [-0.39, 0.29) is 44.3 Å². The lowest BCUT2D eigenvalue weighted by molar-refractivity contribution is -0.138. The summed E-state index contributed by atoms with van der Waals surface area (Å²) in [7, 11) is 3.12. The van der Waals surface area contributed by atoms with E-state index in [0.29, 0.717) is 36.6 Å². The number of piperazine rings is 1. The maximum atomic E-state index is 10.7. The first-order valence-electron chi connectivity index (χ1n) is 10.2.